The van der Waals surface area contributed by atoms with E-state index in [1.54, 1.807) is 0 Å². The molecule has 3 heterocycles. The summed E-state index contributed by atoms with van der Waals surface area (Å²) < 4.78 is 4.65. The average molecular weight is 620 g/mol. The van der Waals surface area contributed by atoms with Gasteiger partial charge in [-0.2, -0.15) is 9.97 Å². The van der Waals surface area contributed by atoms with Gasteiger partial charge in [0, 0.05) is 38.4 Å². The second-order valence-electron chi connectivity index (χ2n) is 13.4. The largest absolute Gasteiger partial charge is 0.307 e. The number of nitrogens with zero attached hydrogens (tertiary/aromatic N) is 5. The number of hydrogen-bond donors (Lipinski definition) is 0. The lowest BCUT2D eigenvalue weighted by atomic mass is 9.87. The lowest BCUT2D eigenvalue weighted by Crippen LogP contribution is -2.11. The van der Waals surface area contributed by atoms with Crippen molar-refractivity contribution in [2.24, 2.45) is 0 Å². The van der Waals surface area contributed by atoms with Crippen LogP contribution in [-0.4, -0.2) is 24.1 Å². The Hall–Kier alpha value is -6.07. The molecule has 0 aliphatic heterocycles. The van der Waals surface area contributed by atoms with Crippen molar-refractivity contribution in [3.8, 4) is 34.4 Å². The highest BCUT2D eigenvalue weighted by molar-refractivity contribution is 6.23. The van der Waals surface area contributed by atoms with Crippen molar-refractivity contribution in [3.05, 3.63) is 151 Å². The van der Waals surface area contributed by atoms with Gasteiger partial charge in [-0.1, -0.05) is 142 Å². The Labute approximate surface area is 278 Å². The maximum absolute atomic E-state index is 5.21. The molecule has 5 heteroatoms. The molecular weight excluding hydrogens is 587 g/mol. The topological polar surface area (TPSA) is 48.5 Å². The first-order valence-corrected chi connectivity index (χ1v) is 16.4. The fourth-order valence-electron chi connectivity index (χ4n) is 6.98. The summed E-state index contributed by atoms with van der Waals surface area (Å²) in [6, 6.07) is 51.1. The molecule has 9 rings (SSSR count). The highest BCUT2D eigenvalue weighted by Crippen LogP contribution is 2.41. The van der Waals surface area contributed by atoms with Crippen molar-refractivity contribution >= 4 is 43.6 Å². The van der Waals surface area contributed by atoms with Crippen molar-refractivity contribution in [2.75, 3.05) is 0 Å². The van der Waals surface area contributed by atoms with Crippen molar-refractivity contribution in [1.29, 1.82) is 0 Å². The van der Waals surface area contributed by atoms with Crippen molar-refractivity contribution in [3.63, 3.8) is 0 Å². The third-order valence-electron chi connectivity index (χ3n) is 9.35. The van der Waals surface area contributed by atoms with E-state index in [1.807, 2.05) is 36.4 Å². The molecule has 0 amide bonds. The van der Waals surface area contributed by atoms with Crippen LogP contribution in [0.2, 0.25) is 0 Å². The number of fused-ring (bicyclic) bond motifs is 7. The van der Waals surface area contributed by atoms with Crippen LogP contribution in [-0.2, 0) is 5.41 Å². The maximum Gasteiger partial charge on any atom is 0.238 e. The first-order chi connectivity index (χ1) is 23.5. The van der Waals surface area contributed by atoms with E-state index in [0.29, 0.717) is 17.6 Å². The zero-order valence-electron chi connectivity index (χ0n) is 27.1. The molecule has 0 N–H and O–H groups in total. The first-order valence-electron chi connectivity index (χ1n) is 16.4. The smallest absolute Gasteiger partial charge is 0.238 e. The molecule has 0 saturated carbocycles. The van der Waals surface area contributed by atoms with E-state index < -0.39 is 0 Å². The molecule has 0 fully saturated rings. The quantitative estimate of drug-likeness (QED) is 0.197. The van der Waals surface area contributed by atoms with Gasteiger partial charge in [0.15, 0.2) is 11.6 Å². The van der Waals surface area contributed by atoms with Crippen LogP contribution in [0.25, 0.3) is 78.0 Å². The molecule has 0 aliphatic carbocycles. The number of hydrogen-bond acceptors (Lipinski definition) is 3. The third-order valence-corrected chi connectivity index (χ3v) is 9.35. The summed E-state index contributed by atoms with van der Waals surface area (Å²) in [6.07, 6.45) is 0. The Bertz CT molecular complexity index is 2570. The lowest BCUT2D eigenvalue weighted by molar-refractivity contribution is 0.590. The first kappa shape index (κ1) is 28.2. The zero-order valence-corrected chi connectivity index (χ0v) is 27.1. The predicted octanol–water partition coefficient (Wildman–Crippen LogP) is 10.7. The van der Waals surface area contributed by atoms with Crippen LogP contribution in [0.5, 0.6) is 0 Å². The van der Waals surface area contributed by atoms with Gasteiger partial charge >= 0.3 is 0 Å². The number of benzene rings is 6. The molecule has 0 radical (unpaired) electrons. The molecule has 0 bridgehead atoms. The highest BCUT2D eigenvalue weighted by Gasteiger charge is 2.23. The third kappa shape index (κ3) is 4.43. The van der Waals surface area contributed by atoms with E-state index in [-0.39, 0.29) is 5.41 Å². The molecule has 5 nitrogen and oxygen atoms in total. The summed E-state index contributed by atoms with van der Waals surface area (Å²) in [7, 11) is 0. The summed E-state index contributed by atoms with van der Waals surface area (Å²) in [5, 5.41) is 4.69. The van der Waals surface area contributed by atoms with Gasteiger partial charge in [-0.15, -0.1) is 0 Å². The molecule has 230 valence electrons. The van der Waals surface area contributed by atoms with Gasteiger partial charge in [0.05, 0.1) is 22.1 Å². The fourth-order valence-corrected chi connectivity index (χ4v) is 6.98. The summed E-state index contributed by atoms with van der Waals surface area (Å²) in [6.45, 7) is 6.77. The van der Waals surface area contributed by atoms with Gasteiger partial charge < -0.3 is 4.57 Å². The van der Waals surface area contributed by atoms with Crippen molar-refractivity contribution in [1.82, 2.24) is 24.1 Å². The maximum atomic E-state index is 5.21. The molecule has 0 spiro atoms. The molecule has 6 aromatic carbocycles. The van der Waals surface area contributed by atoms with Crippen LogP contribution in [0.4, 0.5) is 0 Å². The van der Waals surface area contributed by atoms with E-state index >= 15 is 0 Å². The number of para-hydroxylation sites is 2. The fraction of sp³-hybridized carbons (Fsp3) is 0.0930. The molecule has 0 unspecified atom stereocenters. The Morgan fingerprint density at radius 2 is 0.875 bits per heavy atom. The monoisotopic (exact) mass is 619 g/mol. The molecule has 0 atom stereocenters. The van der Waals surface area contributed by atoms with E-state index in [2.05, 4.69) is 139 Å². The van der Waals surface area contributed by atoms with Crippen molar-refractivity contribution < 1.29 is 0 Å². The Morgan fingerprint density at radius 1 is 0.417 bits per heavy atom. The number of aromatic nitrogens is 5. The average Bonchev–Trinajstić information content (AvgIpc) is 3.65. The Kier molecular flexibility index (Phi) is 6.31. The molecule has 9 aromatic rings. The normalized spacial score (nSPS) is 12.1. The summed E-state index contributed by atoms with van der Waals surface area (Å²) in [5.41, 5.74) is 8.75. The molecule has 48 heavy (non-hydrogen) atoms. The predicted molar refractivity (Wildman–Crippen MR) is 198 cm³/mol. The highest BCUT2D eigenvalue weighted by atomic mass is 15.2. The van der Waals surface area contributed by atoms with Gasteiger partial charge in [0.2, 0.25) is 5.95 Å². The van der Waals surface area contributed by atoms with Gasteiger partial charge in [0.1, 0.15) is 0 Å². The van der Waals surface area contributed by atoms with Crippen LogP contribution in [0.15, 0.2) is 146 Å². The summed E-state index contributed by atoms with van der Waals surface area (Å²) >= 11 is 0. The van der Waals surface area contributed by atoms with Crippen molar-refractivity contribution in [2.45, 2.75) is 26.2 Å². The minimum atomic E-state index is 0.0602. The van der Waals surface area contributed by atoms with E-state index in [9.17, 15) is 0 Å². The van der Waals surface area contributed by atoms with Crippen LogP contribution >= 0.6 is 0 Å². The van der Waals surface area contributed by atoms with Gasteiger partial charge in [-0.05, 0) is 35.2 Å². The second-order valence-corrected chi connectivity index (χ2v) is 13.4. The van der Waals surface area contributed by atoms with Crippen LogP contribution in [0.1, 0.15) is 26.3 Å². The molecule has 0 saturated heterocycles. The Morgan fingerprint density at radius 3 is 1.40 bits per heavy atom. The second kappa shape index (κ2) is 10.7. The van der Waals surface area contributed by atoms with E-state index in [0.717, 1.165) is 49.7 Å². The molecule has 3 aromatic heterocycles. The van der Waals surface area contributed by atoms with Gasteiger partial charge in [-0.3, -0.25) is 4.57 Å². The standard InChI is InChI=1S/C43H33N5/c1-43(2,3)30-22-24-31(25-23-30)47-36-20-12-10-18-32(36)34-26-27-35-33-19-11-13-21-37(33)48(39(35)38(34)47)42-45-40(28-14-6-4-7-15-28)44-41(46-42)29-16-8-5-9-17-29/h4-27H,1-3H3. The molecular formula is C43H33N5. The van der Waals surface area contributed by atoms with E-state index in [1.165, 1.54) is 16.3 Å². The summed E-state index contributed by atoms with van der Waals surface area (Å²) in [4.78, 5) is 15.4. The van der Waals surface area contributed by atoms with E-state index in [4.69, 9.17) is 15.0 Å². The lowest BCUT2D eigenvalue weighted by Gasteiger charge is -2.19. The van der Waals surface area contributed by atoms with Gasteiger partial charge in [-0.25, -0.2) is 4.98 Å². The minimum Gasteiger partial charge on any atom is -0.307 e. The number of rotatable bonds is 4. The minimum absolute atomic E-state index is 0.0602. The molecule has 0 aliphatic rings. The van der Waals surface area contributed by atoms with Crippen LogP contribution < -0.4 is 0 Å². The van der Waals surface area contributed by atoms with Crippen LogP contribution in [0, 0.1) is 0 Å². The SMILES string of the molecule is CC(C)(C)c1ccc(-n2c3ccccc3c3ccc4c5ccccc5n(-c5nc(-c6ccccc6)nc(-c6ccccc6)n5)c4c32)cc1. The zero-order chi connectivity index (χ0) is 32.4. The Balaban J connectivity index is 1.44. The van der Waals surface area contributed by atoms with Crippen LogP contribution in [0.3, 0.4) is 0 Å². The summed E-state index contributed by atoms with van der Waals surface area (Å²) in [5.74, 6) is 1.85. The van der Waals surface area contributed by atoms with Gasteiger partial charge in [0.25, 0.3) is 0 Å².